The maximum atomic E-state index is 13.5. The van der Waals surface area contributed by atoms with Gasteiger partial charge in [0, 0.05) is 23.7 Å². The first-order chi connectivity index (χ1) is 14.9. The number of fused-ring (bicyclic) bond motifs is 1. The molecule has 1 fully saturated rings. The second-order valence-corrected chi connectivity index (χ2v) is 9.01. The summed E-state index contributed by atoms with van der Waals surface area (Å²) in [7, 11) is 0. The number of rotatable bonds is 7. The third-order valence-corrected chi connectivity index (χ3v) is 6.77. The molecule has 0 bridgehead atoms. The highest BCUT2D eigenvalue weighted by molar-refractivity contribution is 6.34. The molecule has 0 radical (unpaired) electrons. The number of benzene rings is 2. The molecular formula is C26H30N2O3. The molecule has 5 heteroatoms. The van der Waals surface area contributed by atoms with Gasteiger partial charge in [-0.15, -0.1) is 0 Å². The van der Waals surface area contributed by atoms with Crippen molar-refractivity contribution in [3.05, 3.63) is 71.3 Å². The molecule has 0 spiro atoms. The molecular weight excluding hydrogens is 388 g/mol. The van der Waals surface area contributed by atoms with Crippen LogP contribution in [0.4, 0.5) is 0 Å². The van der Waals surface area contributed by atoms with Crippen molar-refractivity contribution >= 4 is 17.5 Å². The summed E-state index contributed by atoms with van der Waals surface area (Å²) in [4.78, 5) is 42.6. The molecule has 5 nitrogen and oxygen atoms in total. The standard InChI is InChI=1S/C26H30N2O3/c1-18(2)22(28-14-8-9-15-28)17-27-23(29)16-26(19-10-4-3-5-11-19)24(30)20-12-6-7-13-21(20)25(26)31/h3-7,10-13,18,22H,8-9,14-17H2,1-2H3,(H,27,29). The lowest BCUT2D eigenvalue weighted by molar-refractivity contribution is -0.122. The van der Waals surface area contributed by atoms with Gasteiger partial charge >= 0.3 is 0 Å². The van der Waals surface area contributed by atoms with Gasteiger partial charge in [0.05, 0.1) is 6.42 Å². The van der Waals surface area contributed by atoms with Crippen molar-refractivity contribution < 1.29 is 14.4 Å². The number of ketones is 2. The smallest absolute Gasteiger partial charge is 0.221 e. The summed E-state index contributed by atoms with van der Waals surface area (Å²) in [5.41, 5.74) is -0.102. The van der Waals surface area contributed by atoms with Gasteiger partial charge in [-0.2, -0.15) is 0 Å². The highest BCUT2D eigenvalue weighted by atomic mass is 16.2. The van der Waals surface area contributed by atoms with Gasteiger partial charge in [0.25, 0.3) is 0 Å². The summed E-state index contributed by atoms with van der Waals surface area (Å²) in [6.07, 6.45) is 2.21. The van der Waals surface area contributed by atoms with Gasteiger partial charge in [-0.05, 0) is 37.4 Å². The average molecular weight is 419 g/mol. The normalized spacial score (nSPS) is 18.9. The van der Waals surface area contributed by atoms with Gasteiger partial charge in [-0.25, -0.2) is 0 Å². The fraction of sp³-hybridized carbons (Fsp3) is 0.423. The summed E-state index contributed by atoms with van der Waals surface area (Å²) in [5, 5.41) is 3.05. The third-order valence-electron chi connectivity index (χ3n) is 6.77. The molecule has 31 heavy (non-hydrogen) atoms. The van der Waals surface area contributed by atoms with E-state index in [9.17, 15) is 14.4 Å². The molecule has 1 aliphatic carbocycles. The van der Waals surface area contributed by atoms with Crippen LogP contribution in [0, 0.1) is 5.92 Å². The SMILES string of the molecule is CC(C)C(CNC(=O)CC1(c2ccccc2)C(=O)c2ccccc2C1=O)N1CCCC1. The van der Waals surface area contributed by atoms with E-state index in [0.29, 0.717) is 29.2 Å². The first-order valence-electron chi connectivity index (χ1n) is 11.2. The average Bonchev–Trinajstić information content (AvgIpc) is 3.37. The first kappa shape index (κ1) is 21.4. The topological polar surface area (TPSA) is 66.5 Å². The third kappa shape index (κ3) is 3.83. The molecule has 1 N–H and O–H groups in total. The summed E-state index contributed by atoms with van der Waals surface area (Å²) < 4.78 is 0. The number of likely N-dealkylation sites (tertiary alicyclic amines) is 1. The summed E-state index contributed by atoms with van der Waals surface area (Å²) in [6.45, 7) is 6.97. The zero-order valence-electron chi connectivity index (χ0n) is 18.3. The maximum absolute atomic E-state index is 13.5. The van der Waals surface area contributed by atoms with E-state index in [4.69, 9.17) is 0 Å². The molecule has 0 saturated carbocycles. The minimum atomic E-state index is -1.49. The fourth-order valence-corrected chi connectivity index (χ4v) is 5.07. The molecule has 162 valence electrons. The zero-order chi connectivity index (χ0) is 22.0. The molecule has 0 aromatic heterocycles. The van der Waals surface area contributed by atoms with Crippen LogP contribution in [-0.4, -0.2) is 48.0 Å². The molecule has 1 unspecified atom stereocenters. The van der Waals surface area contributed by atoms with E-state index in [0.717, 1.165) is 13.1 Å². The van der Waals surface area contributed by atoms with Crippen molar-refractivity contribution in [1.82, 2.24) is 10.2 Å². The van der Waals surface area contributed by atoms with Crippen molar-refractivity contribution in [2.75, 3.05) is 19.6 Å². The van der Waals surface area contributed by atoms with E-state index in [1.54, 1.807) is 48.5 Å². The fourth-order valence-electron chi connectivity index (χ4n) is 5.07. The van der Waals surface area contributed by atoms with Gasteiger partial charge < -0.3 is 5.32 Å². The summed E-state index contributed by atoms with van der Waals surface area (Å²) >= 11 is 0. The van der Waals surface area contributed by atoms with Crippen LogP contribution in [-0.2, 0) is 10.2 Å². The van der Waals surface area contributed by atoms with Crippen LogP contribution in [0.3, 0.4) is 0 Å². The van der Waals surface area contributed by atoms with E-state index in [-0.39, 0.29) is 29.9 Å². The molecule has 1 saturated heterocycles. The maximum Gasteiger partial charge on any atom is 0.221 e. The number of hydrogen-bond acceptors (Lipinski definition) is 4. The Labute approximate surface area is 183 Å². The van der Waals surface area contributed by atoms with Crippen LogP contribution >= 0.6 is 0 Å². The number of nitrogens with zero attached hydrogens (tertiary/aromatic N) is 1. The lowest BCUT2D eigenvalue weighted by Crippen LogP contribution is -2.48. The first-order valence-corrected chi connectivity index (χ1v) is 11.2. The van der Waals surface area contributed by atoms with Crippen LogP contribution < -0.4 is 5.32 Å². The number of nitrogens with one attached hydrogen (secondary N) is 1. The van der Waals surface area contributed by atoms with E-state index < -0.39 is 5.41 Å². The highest BCUT2D eigenvalue weighted by Crippen LogP contribution is 2.42. The molecule has 1 amide bonds. The summed E-state index contributed by atoms with van der Waals surface area (Å²) in [5.74, 6) is -0.424. The molecule has 4 rings (SSSR count). The van der Waals surface area contributed by atoms with E-state index in [1.807, 2.05) is 6.07 Å². The number of amides is 1. The Hall–Kier alpha value is -2.79. The van der Waals surface area contributed by atoms with E-state index in [1.165, 1.54) is 12.8 Å². The van der Waals surface area contributed by atoms with Gasteiger partial charge in [0.1, 0.15) is 5.41 Å². The van der Waals surface area contributed by atoms with Crippen molar-refractivity contribution in [2.45, 2.75) is 44.6 Å². The van der Waals surface area contributed by atoms with Crippen LogP contribution in [0.2, 0.25) is 0 Å². The molecule has 2 aromatic carbocycles. The Morgan fingerprint density at radius 2 is 1.48 bits per heavy atom. The predicted octanol–water partition coefficient (Wildman–Crippen LogP) is 3.63. The Bertz CT molecular complexity index is 942. The van der Waals surface area contributed by atoms with E-state index >= 15 is 0 Å². The van der Waals surface area contributed by atoms with Gasteiger partial charge in [0.2, 0.25) is 5.91 Å². The second kappa shape index (κ2) is 8.75. The van der Waals surface area contributed by atoms with Crippen LogP contribution in [0.15, 0.2) is 54.6 Å². The van der Waals surface area contributed by atoms with Crippen LogP contribution in [0.5, 0.6) is 0 Å². The minimum Gasteiger partial charge on any atom is -0.354 e. The zero-order valence-corrected chi connectivity index (χ0v) is 18.3. The molecule has 1 atom stereocenters. The molecule has 1 aliphatic heterocycles. The Kier molecular flexibility index (Phi) is 6.05. The van der Waals surface area contributed by atoms with E-state index in [2.05, 4.69) is 24.1 Å². The van der Waals surface area contributed by atoms with Crippen molar-refractivity contribution in [2.24, 2.45) is 5.92 Å². The Morgan fingerprint density at radius 1 is 0.935 bits per heavy atom. The highest BCUT2D eigenvalue weighted by Gasteiger charge is 2.55. The predicted molar refractivity (Wildman–Crippen MR) is 120 cm³/mol. The van der Waals surface area contributed by atoms with Crippen LogP contribution in [0.1, 0.15) is 59.4 Å². The largest absolute Gasteiger partial charge is 0.354 e. The molecule has 2 aliphatic rings. The number of carbonyl (C=O) groups is 3. The summed E-state index contributed by atoms with van der Waals surface area (Å²) in [6, 6.07) is 16.1. The van der Waals surface area contributed by atoms with Gasteiger partial charge in [-0.1, -0.05) is 68.4 Å². The lowest BCUT2D eigenvalue weighted by Gasteiger charge is -2.32. The quantitative estimate of drug-likeness (QED) is 0.698. The van der Waals surface area contributed by atoms with Gasteiger partial charge in [-0.3, -0.25) is 19.3 Å². The number of Topliss-reactive ketones (excluding diaryl/α,β-unsaturated/α-hetero) is 2. The monoisotopic (exact) mass is 418 g/mol. The Morgan fingerprint density at radius 3 is 2.03 bits per heavy atom. The van der Waals surface area contributed by atoms with Crippen molar-refractivity contribution in [3.63, 3.8) is 0 Å². The molecule has 2 aromatic rings. The minimum absolute atomic E-state index is 0.172. The second-order valence-electron chi connectivity index (χ2n) is 9.01. The lowest BCUT2D eigenvalue weighted by atomic mass is 9.73. The Balaban J connectivity index is 1.59. The number of carbonyl (C=O) groups excluding carboxylic acids is 3. The molecule has 1 heterocycles. The number of hydrogen-bond donors (Lipinski definition) is 1. The van der Waals surface area contributed by atoms with Crippen molar-refractivity contribution in [1.29, 1.82) is 0 Å². The van der Waals surface area contributed by atoms with Gasteiger partial charge in [0.15, 0.2) is 11.6 Å². The van der Waals surface area contributed by atoms with Crippen LogP contribution in [0.25, 0.3) is 0 Å². The van der Waals surface area contributed by atoms with Crippen molar-refractivity contribution in [3.8, 4) is 0 Å².